The Bertz CT molecular complexity index is 1150. The molecule has 1 aromatic heterocycles. The molecule has 3 rings (SSSR count). The van der Waals surface area contributed by atoms with Crippen molar-refractivity contribution in [1.82, 2.24) is 24.9 Å². The molecular weight excluding hydrogens is 446 g/mol. The summed E-state index contributed by atoms with van der Waals surface area (Å²) in [5.41, 5.74) is 1.31. The van der Waals surface area contributed by atoms with E-state index < -0.39 is 33.9 Å². The van der Waals surface area contributed by atoms with Crippen LogP contribution < -0.4 is 10.6 Å². The average Bonchev–Trinajstić information content (AvgIpc) is 2.94. The fraction of sp³-hybridized carbons (Fsp3) is 0.500. The first-order valence-corrected chi connectivity index (χ1v) is 12.7. The summed E-state index contributed by atoms with van der Waals surface area (Å²) in [5, 5.41) is 5.42. The Balaban J connectivity index is 1.71. The predicted octanol–water partition coefficient (Wildman–Crippen LogP) is 0.884. The Morgan fingerprint density at radius 3 is 2.58 bits per heavy atom. The molecule has 0 radical (unpaired) electrons. The van der Waals surface area contributed by atoms with E-state index in [9.17, 15) is 22.8 Å². The number of para-hydroxylation sites is 2. The van der Waals surface area contributed by atoms with E-state index in [4.69, 9.17) is 0 Å². The van der Waals surface area contributed by atoms with Crippen LogP contribution in [0.15, 0.2) is 30.5 Å². The maximum Gasteiger partial charge on any atom is 0.272 e. The van der Waals surface area contributed by atoms with E-state index >= 15 is 0 Å². The van der Waals surface area contributed by atoms with Crippen LogP contribution in [0.5, 0.6) is 0 Å². The molecule has 11 heteroatoms. The molecule has 178 valence electrons. The maximum absolute atomic E-state index is 13.0. The minimum atomic E-state index is -3.50. The number of amides is 2. The second-order valence-corrected chi connectivity index (χ2v) is 10.6. The van der Waals surface area contributed by atoms with Crippen molar-refractivity contribution in [3.05, 3.63) is 36.2 Å². The number of nitrogens with zero attached hydrogens (tertiary/aromatic N) is 3. The van der Waals surface area contributed by atoms with E-state index in [1.165, 1.54) is 6.20 Å². The molecule has 1 saturated heterocycles. The zero-order valence-corrected chi connectivity index (χ0v) is 19.8. The van der Waals surface area contributed by atoms with Crippen LogP contribution in [-0.4, -0.2) is 71.7 Å². The summed E-state index contributed by atoms with van der Waals surface area (Å²) in [6.07, 6.45) is 3.54. The van der Waals surface area contributed by atoms with Gasteiger partial charge in [0.05, 0.1) is 36.1 Å². The number of hydrogen-bond acceptors (Lipinski definition) is 7. The Kier molecular flexibility index (Phi) is 7.75. The van der Waals surface area contributed by atoms with Crippen LogP contribution >= 0.6 is 0 Å². The molecule has 2 N–H and O–H groups in total. The Labute approximate surface area is 193 Å². The van der Waals surface area contributed by atoms with Crippen molar-refractivity contribution in [1.29, 1.82) is 0 Å². The first-order valence-electron chi connectivity index (χ1n) is 10.9. The minimum absolute atomic E-state index is 0.0876. The minimum Gasteiger partial charge on any atom is -0.344 e. The van der Waals surface area contributed by atoms with Crippen LogP contribution in [0.4, 0.5) is 0 Å². The average molecular weight is 476 g/mol. The summed E-state index contributed by atoms with van der Waals surface area (Å²) >= 11 is 0. The lowest BCUT2D eigenvalue weighted by Crippen LogP contribution is -2.52. The summed E-state index contributed by atoms with van der Waals surface area (Å²) in [7, 11) is -3.50. The standard InChI is InChI=1S/C22H29N5O5S/c1-14(2)11-18(26-22(30)19-12-23-15-7-4-5-8-16(15)24-19)21(29)25-17-9-6-10-27(13-20(17)28)33(3,31)32/h4-5,7-8,12,14,17-18H,6,9-11,13H2,1-3H3,(H,25,29)(H,26,30)/t17?,18-/m0/s1. The van der Waals surface area contributed by atoms with Gasteiger partial charge in [0.1, 0.15) is 11.7 Å². The number of Topliss-reactive ketones (excluding diaryl/α,β-unsaturated/α-hetero) is 1. The fourth-order valence-corrected chi connectivity index (χ4v) is 4.53. The topological polar surface area (TPSA) is 138 Å². The quantitative estimate of drug-likeness (QED) is 0.606. The number of ketones is 1. The van der Waals surface area contributed by atoms with Crippen LogP contribution in [0.1, 0.15) is 43.6 Å². The molecule has 0 spiro atoms. The highest BCUT2D eigenvalue weighted by Gasteiger charge is 2.32. The van der Waals surface area contributed by atoms with E-state index in [2.05, 4.69) is 20.6 Å². The third-order valence-corrected chi connectivity index (χ3v) is 6.67. The number of hydrogen-bond donors (Lipinski definition) is 2. The number of sulfonamides is 1. The Morgan fingerprint density at radius 2 is 1.91 bits per heavy atom. The molecule has 2 atom stereocenters. The number of rotatable bonds is 7. The van der Waals surface area contributed by atoms with Crippen molar-refractivity contribution in [2.24, 2.45) is 5.92 Å². The summed E-state index contributed by atoms with van der Waals surface area (Å²) in [6, 6.07) is 5.46. The van der Waals surface area contributed by atoms with Crippen LogP contribution in [0.25, 0.3) is 11.0 Å². The van der Waals surface area contributed by atoms with E-state index in [1.54, 1.807) is 18.2 Å². The largest absolute Gasteiger partial charge is 0.344 e. The molecular formula is C22H29N5O5S. The predicted molar refractivity (Wildman–Crippen MR) is 123 cm³/mol. The highest BCUT2D eigenvalue weighted by atomic mass is 32.2. The molecule has 1 aromatic carbocycles. The lowest BCUT2D eigenvalue weighted by molar-refractivity contribution is -0.129. The van der Waals surface area contributed by atoms with Crippen molar-refractivity contribution in [2.45, 2.75) is 45.2 Å². The number of carbonyl (C=O) groups is 3. The van der Waals surface area contributed by atoms with Gasteiger partial charge in [-0.2, -0.15) is 4.31 Å². The van der Waals surface area contributed by atoms with Gasteiger partial charge in [0.25, 0.3) is 5.91 Å². The van der Waals surface area contributed by atoms with Crippen LogP contribution in [-0.2, 0) is 19.6 Å². The number of fused-ring (bicyclic) bond motifs is 1. The molecule has 0 aliphatic carbocycles. The summed E-state index contributed by atoms with van der Waals surface area (Å²) < 4.78 is 24.7. The lowest BCUT2D eigenvalue weighted by atomic mass is 10.0. The lowest BCUT2D eigenvalue weighted by Gasteiger charge is -2.23. The van der Waals surface area contributed by atoms with Crippen LogP contribution in [0, 0.1) is 5.92 Å². The summed E-state index contributed by atoms with van der Waals surface area (Å²) in [6.45, 7) is 3.79. The van der Waals surface area contributed by atoms with Gasteiger partial charge in [0.2, 0.25) is 15.9 Å². The van der Waals surface area contributed by atoms with Gasteiger partial charge in [-0.15, -0.1) is 0 Å². The fourth-order valence-electron chi connectivity index (χ4n) is 3.71. The molecule has 1 fully saturated rings. The van der Waals surface area contributed by atoms with Crippen LogP contribution in [0.3, 0.4) is 0 Å². The molecule has 2 aromatic rings. The number of benzene rings is 1. The molecule has 1 aliphatic rings. The van der Waals surface area contributed by atoms with Gasteiger partial charge in [-0.05, 0) is 37.3 Å². The number of nitrogens with one attached hydrogen (secondary N) is 2. The van der Waals surface area contributed by atoms with Crippen molar-refractivity contribution >= 4 is 38.7 Å². The van der Waals surface area contributed by atoms with Crippen LogP contribution in [0.2, 0.25) is 0 Å². The smallest absolute Gasteiger partial charge is 0.272 e. The van der Waals surface area contributed by atoms with Gasteiger partial charge >= 0.3 is 0 Å². The van der Waals surface area contributed by atoms with Gasteiger partial charge in [0, 0.05) is 6.54 Å². The zero-order valence-electron chi connectivity index (χ0n) is 18.9. The number of carbonyl (C=O) groups excluding carboxylic acids is 3. The van der Waals surface area contributed by atoms with Gasteiger partial charge in [-0.25, -0.2) is 13.4 Å². The van der Waals surface area contributed by atoms with Gasteiger partial charge in [-0.1, -0.05) is 26.0 Å². The second-order valence-electron chi connectivity index (χ2n) is 8.67. The van der Waals surface area contributed by atoms with Crippen molar-refractivity contribution in [3.8, 4) is 0 Å². The highest BCUT2D eigenvalue weighted by molar-refractivity contribution is 7.88. The molecule has 33 heavy (non-hydrogen) atoms. The Morgan fingerprint density at radius 1 is 1.21 bits per heavy atom. The Hall–Kier alpha value is -2.92. The van der Waals surface area contributed by atoms with Crippen molar-refractivity contribution in [2.75, 3.05) is 19.3 Å². The SMILES string of the molecule is CC(C)C[C@H](NC(=O)c1cnc2ccccc2n1)C(=O)NC1CCCN(S(C)(=O)=O)CC1=O. The normalized spacial score (nSPS) is 18.7. The van der Waals surface area contributed by atoms with E-state index in [-0.39, 0.29) is 30.5 Å². The van der Waals surface area contributed by atoms with E-state index in [0.717, 1.165) is 10.6 Å². The van der Waals surface area contributed by atoms with Gasteiger partial charge in [-0.3, -0.25) is 19.4 Å². The maximum atomic E-state index is 13.0. The van der Waals surface area contributed by atoms with Crippen molar-refractivity contribution < 1.29 is 22.8 Å². The number of aromatic nitrogens is 2. The second kappa shape index (κ2) is 10.3. The highest BCUT2D eigenvalue weighted by Crippen LogP contribution is 2.14. The van der Waals surface area contributed by atoms with Crippen molar-refractivity contribution in [3.63, 3.8) is 0 Å². The molecule has 1 unspecified atom stereocenters. The molecule has 0 bridgehead atoms. The molecule has 1 aliphatic heterocycles. The molecule has 2 amide bonds. The third-order valence-electron chi connectivity index (χ3n) is 5.42. The summed E-state index contributed by atoms with van der Waals surface area (Å²) in [4.78, 5) is 47.0. The third kappa shape index (κ3) is 6.55. The monoisotopic (exact) mass is 475 g/mol. The van der Waals surface area contributed by atoms with Gasteiger partial charge in [0.15, 0.2) is 5.78 Å². The van der Waals surface area contributed by atoms with Gasteiger partial charge < -0.3 is 10.6 Å². The van der Waals surface area contributed by atoms with E-state index in [0.29, 0.717) is 30.3 Å². The first kappa shape index (κ1) is 24.7. The molecule has 2 heterocycles. The van der Waals surface area contributed by atoms with E-state index in [1.807, 2.05) is 19.9 Å². The summed E-state index contributed by atoms with van der Waals surface area (Å²) in [5.74, 6) is -1.31. The molecule has 0 saturated carbocycles. The molecule has 10 nitrogen and oxygen atoms in total. The first-order chi connectivity index (χ1) is 15.5. The zero-order chi connectivity index (χ0) is 24.2.